The van der Waals surface area contributed by atoms with Crippen LogP contribution in [0.25, 0.3) is 5.57 Å². The average Bonchev–Trinajstić information content (AvgIpc) is 2.91. The molecule has 2 aromatic carbocycles. The Morgan fingerprint density at radius 2 is 1.73 bits per heavy atom. The lowest BCUT2D eigenvalue weighted by Gasteiger charge is -2.31. The second kappa shape index (κ2) is 13.0. The van der Waals surface area contributed by atoms with Crippen LogP contribution in [0.3, 0.4) is 0 Å². The van der Waals surface area contributed by atoms with Gasteiger partial charge in [0.1, 0.15) is 17.6 Å². The highest BCUT2D eigenvalue weighted by Crippen LogP contribution is 2.45. The standard InChI is InChI=1S/C31H38N2O3.ClH/c1-6-19-35-31(34)25-14-12-11-13-24(25)30-26-17-15-22(32(7-2)8-3)20-28(26)36-29-21-23(16-18-27(29)30)33(9-4)10-5;/h11-18,20-22H,6-10,19H2,1-5H3;1H. The minimum Gasteiger partial charge on any atom is -1.00 e. The van der Waals surface area contributed by atoms with Crippen LogP contribution in [0.1, 0.15) is 62.5 Å². The number of hydrogen-bond acceptors (Lipinski definition) is 4. The molecule has 5 nitrogen and oxygen atoms in total. The number of allylic oxidation sites excluding steroid dienone is 1. The van der Waals surface area contributed by atoms with Gasteiger partial charge in [0.05, 0.1) is 25.3 Å². The third-order valence-electron chi connectivity index (χ3n) is 7.15. The predicted molar refractivity (Wildman–Crippen MR) is 147 cm³/mol. The summed E-state index contributed by atoms with van der Waals surface area (Å²) < 4.78 is 12.2. The van der Waals surface area contributed by atoms with E-state index in [1.54, 1.807) is 0 Å². The lowest BCUT2D eigenvalue weighted by atomic mass is 9.85. The van der Waals surface area contributed by atoms with Gasteiger partial charge >= 0.3 is 5.97 Å². The summed E-state index contributed by atoms with van der Waals surface area (Å²) in [4.78, 5) is 16.9. The van der Waals surface area contributed by atoms with Crippen molar-refractivity contribution in [3.63, 3.8) is 0 Å². The SMILES string of the molecule is CCCOC(=O)c1ccccc1C1=C2C=CC([NH+](CC)CC)C=C2Oc2cc(N(CC)CC)ccc21.[Cl-]. The van der Waals surface area contributed by atoms with Crippen molar-refractivity contribution in [1.82, 2.24) is 0 Å². The van der Waals surface area contributed by atoms with E-state index in [0.717, 1.165) is 72.1 Å². The molecule has 6 heteroatoms. The van der Waals surface area contributed by atoms with Crippen molar-refractivity contribution in [3.05, 3.63) is 88.7 Å². The van der Waals surface area contributed by atoms with E-state index >= 15 is 0 Å². The van der Waals surface area contributed by atoms with E-state index in [1.807, 2.05) is 31.2 Å². The van der Waals surface area contributed by atoms with Gasteiger partial charge in [0.25, 0.3) is 0 Å². The fourth-order valence-corrected chi connectivity index (χ4v) is 5.15. The summed E-state index contributed by atoms with van der Waals surface area (Å²) in [5.41, 5.74) is 5.61. The molecule has 37 heavy (non-hydrogen) atoms. The lowest BCUT2D eigenvalue weighted by molar-refractivity contribution is -0.908. The van der Waals surface area contributed by atoms with Gasteiger partial charge in [-0.15, -0.1) is 0 Å². The largest absolute Gasteiger partial charge is 1.00 e. The molecule has 4 rings (SSSR count). The number of benzene rings is 2. The normalized spacial score (nSPS) is 15.8. The lowest BCUT2D eigenvalue weighted by Crippen LogP contribution is -3.14. The second-order valence-corrected chi connectivity index (χ2v) is 9.21. The van der Waals surface area contributed by atoms with Crippen molar-refractivity contribution < 1.29 is 31.6 Å². The van der Waals surface area contributed by atoms with Gasteiger partial charge in [-0.3, -0.25) is 0 Å². The number of fused-ring (bicyclic) bond motifs is 2. The highest BCUT2D eigenvalue weighted by Gasteiger charge is 2.31. The maximum Gasteiger partial charge on any atom is 0.338 e. The summed E-state index contributed by atoms with van der Waals surface area (Å²) in [5, 5.41) is 0. The third kappa shape index (κ3) is 5.78. The Balaban J connectivity index is 0.00000380. The van der Waals surface area contributed by atoms with Crippen LogP contribution in [0.4, 0.5) is 5.69 Å². The van der Waals surface area contributed by atoms with Crippen LogP contribution in [0, 0.1) is 0 Å². The van der Waals surface area contributed by atoms with E-state index in [1.165, 1.54) is 4.90 Å². The fraction of sp³-hybridized carbons (Fsp3) is 0.387. The van der Waals surface area contributed by atoms with E-state index in [2.05, 4.69) is 69.0 Å². The monoisotopic (exact) mass is 522 g/mol. The van der Waals surface area contributed by atoms with E-state index in [4.69, 9.17) is 9.47 Å². The van der Waals surface area contributed by atoms with E-state index in [-0.39, 0.29) is 24.4 Å². The van der Waals surface area contributed by atoms with Crippen LogP contribution in [-0.4, -0.2) is 44.8 Å². The van der Waals surface area contributed by atoms with Gasteiger partial charge in [-0.25, -0.2) is 4.79 Å². The number of anilines is 1. The van der Waals surface area contributed by atoms with E-state index in [0.29, 0.717) is 12.2 Å². The van der Waals surface area contributed by atoms with E-state index < -0.39 is 0 Å². The van der Waals surface area contributed by atoms with Gasteiger partial charge in [-0.2, -0.15) is 0 Å². The molecule has 2 aliphatic rings. The summed E-state index contributed by atoms with van der Waals surface area (Å²) in [7, 11) is 0. The third-order valence-corrected chi connectivity index (χ3v) is 7.15. The molecule has 1 aliphatic heterocycles. The molecule has 0 amide bonds. The molecule has 2 aromatic rings. The molecule has 0 saturated heterocycles. The van der Waals surface area contributed by atoms with Crippen molar-refractivity contribution in [2.24, 2.45) is 0 Å². The molecular formula is C31H39ClN2O3. The number of likely N-dealkylation sites (N-methyl/N-ethyl adjacent to an activating group) is 1. The van der Waals surface area contributed by atoms with Crippen LogP contribution in [0.15, 0.2) is 72.0 Å². The van der Waals surface area contributed by atoms with Crippen molar-refractivity contribution in [3.8, 4) is 5.75 Å². The number of quaternary nitrogens is 1. The number of ether oxygens (including phenoxy) is 2. The zero-order valence-electron chi connectivity index (χ0n) is 22.6. The van der Waals surface area contributed by atoms with Gasteiger partial charge in [0, 0.05) is 47.6 Å². The number of nitrogens with one attached hydrogen (secondary N) is 1. The maximum absolute atomic E-state index is 13.1. The number of hydrogen-bond donors (Lipinski definition) is 1. The minimum absolute atomic E-state index is 0. The maximum atomic E-state index is 13.1. The first-order chi connectivity index (χ1) is 17.6. The zero-order valence-corrected chi connectivity index (χ0v) is 23.4. The van der Waals surface area contributed by atoms with Crippen LogP contribution in [0.2, 0.25) is 0 Å². The molecule has 1 unspecified atom stereocenters. The van der Waals surface area contributed by atoms with Gasteiger partial charge in [0.15, 0.2) is 0 Å². The van der Waals surface area contributed by atoms with Crippen LogP contribution < -0.4 is 26.9 Å². The molecule has 1 atom stereocenters. The van der Waals surface area contributed by atoms with Crippen molar-refractivity contribution in [1.29, 1.82) is 0 Å². The molecule has 0 radical (unpaired) electrons. The van der Waals surface area contributed by atoms with Crippen LogP contribution >= 0.6 is 0 Å². The number of esters is 1. The molecule has 1 N–H and O–H groups in total. The van der Waals surface area contributed by atoms with Gasteiger partial charge < -0.3 is 31.7 Å². The quantitative estimate of drug-likeness (QED) is 0.485. The van der Waals surface area contributed by atoms with Crippen molar-refractivity contribution in [2.75, 3.05) is 37.7 Å². The first-order valence-corrected chi connectivity index (χ1v) is 13.4. The summed E-state index contributed by atoms with van der Waals surface area (Å²) in [5.74, 6) is 1.40. The Morgan fingerprint density at radius 3 is 2.41 bits per heavy atom. The Labute approximate surface area is 227 Å². The summed E-state index contributed by atoms with van der Waals surface area (Å²) in [6.45, 7) is 15.1. The zero-order chi connectivity index (χ0) is 25.7. The number of carbonyl (C=O) groups is 1. The van der Waals surface area contributed by atoms with Crippen LogP contribution in [0.5, 0.6) is 5.75 Å². The Hall–Kier alpha value is -3.02. The van der Waals surface area contributed by atoms with Crippen molar-refractivity contribution in [2.45, 2.75) is 47.1 Å². The first kappa shape index (κ1) is 28.5. The summed E-state index contributed by atoms with van der Waals surface area (Å²) in [6.07, 6.45) is 7.47. The van der Waals surface area contributed by atoms with E-state index in [9.17, 15) is 4.79 Å². The van der Waals surface area contributed by atoms with Crippen LogP contribution in [-0.2, 0) is 4.74 Å². The number of carbonyl (C=O) groups excluding carboxylic acids is 1. The first-order valence-electron chi connectivity index (χ1n) is 13.4. The molecule has 0 saturated carbocycles. The molecule has 0 fully saturated rings. The number of halogens is 1. The summed E-state index contributed by atoms with van der Waals surface area (Å²) >= 11 is 0. The molecular weight excluding hydrogens is 484 g/mol. The second-order valence-electron chi connectivity index (χ2n) is 9.21. The molecule has 198 valence electrons. The van der Waals surface area contributed by atoms with Crippen molar-refractivity contribution >= 4 is 17.2 Å². The fourth-order valence-electron chi connectivity index (χ4n) is 5.15. The highest BCUT2D eigenvalue weighted by molar-refractivity contribution is 6.01. The minimum atomic E-state index is -0.288. The average molecular weight is 523 g/mol. The highest BCUT2D eigenvalue weighted by atomic mass is 35.5. The van der Waals surface area contributed by atoms with Gasteiger partial charge in [-0.1, -0.05) is 25.1 Å². The topological polar surface area (TPSA) is 43.2 Å². The molecule has 0 spiro atoms. The number of nitrogens with zero attached hydrogens (tertiary/aromatic N) is 1. The Morgan fingerprint density at radius 1 is 1.00 bits per heavy atom. The molecule has 0 aromatic heterocycles. The molecule has 1 aliphatic carbocycles. The Kier molecular flexibility index (Phi) is 10.0. The predicted octanol–water partition coefficient (Wildman–Crippen LogP) is 2.04. The van der Waals surface area contributed by atoms with Gasteiger partial charge in [-0.05, 0) is 70.0 Å². The smallest absolute Gasteiger partial charge is 0.338 e. The Bertz CT molecular complexity index is 1190. The van der Waals surface area contributed by atoms with Gasteiger partial charge in [0.2, 0.25) is 0 Å². The molecule has 1 heterocycles. The summed E-state index contributed by atoms with van der Waals surface area (Å²) in [6, 6.07) is 14.4. The molecule has 0 bridgehead atoms. The number of rotatable bonds is 10.